The fourth-order valence-corrected chi connectivity index (χ4v) is 3.69. The first-order chi connectivity index (χ1) is 13.1. The summed E-state index contributed by atoms with van der Waals surface area (Å²) in [6.45, 7) is 3.33. The summed E-state index contributed by atoms with van der Waals surface area (Å²) in [7, 11) is 0. The highest BCUT2D eigenvalue weighted by Crippen LogP contribution is 2.30. The van der Waals surface area contributed by atoms with Gasteiger partial charge in [0.1, 0.15) is 0 Å². The molecule has 2 heterocycles. The Morgan fingerprint density at radius 1 is 1.11 bits per heavy atom. The third-order valence-corrected chi connectivity index (χ3v) is 5.39. The number of likely N-dealkylation sites (tertiary alicyclic amines) is 1. The average Bonchev–Trinajstić information content (AvgIpc) is 3.18. The van der Waals surface area contributed by atoms with E-state index in [2.05, 4.69) is 10.1 Å². The molecule has 4 rings (SSSR count). The van der Waals surface area contributed by atoms with Crippen LogP contribution in [0.5, 0.6) is 0 Å². The van der Waals surface area contributed by atoms with E-state index in [1.807, 2.05) is 48.2 Å². The van der Waals surface area contributed by atoms with E-state index in [0.717, 1.165) is 24.0 Å². The standard InChI is InChI=1S/C21H20ClN3O2/c1-14-6-2-3-7-16(14)19-23-20(27-24-19)15-10-12-25(13-11-15)21(26)17-8-4-5-9-18(17)22/h2-9,15H,10-13H2,1H3. The molecule has 6 heteroatoms. The van der Waals surface area contributed by atoms with Crippen molar-refractivity contribution in [2.45, 2.75) is 25.7 Å². The maximum Gasteiger partial charge on any atom is 0.255 e. The van der Waals surface area contributed by atoms with Crippen molar-refractivity contribution in [1.29, 1.82) is 0 Å². The Kier molecular flexibility index (Phi) is 4.94. The second-order valence-electron chi connectivity index (χ2n) is 6.82. The Morgan fingerprint density at radius 2 is 1.81 bits per heavy atom. The van der Waals surface area contributed by atoms with Gasteiger partial charge in [-0.1, -0.05) is 53.2 Å². The highest BCUT2D eigenvalue weighted by atomic mass is 35.5. The highest BCUT2D eigenvalue weighted by Gasteiger charge is 2.28. The Hall–Kier alpha value is -2.66. The third kappa shape index (κ3) is 3.60. The molecule has 0 aliphatic carbocycles. The number of hydrogen-bond donors (Lipinski definition) is 0. The lowest BCUT2D eigenvalue weighted by Gasteiger charge is -2.30. The lowest BCUT2D eigenvalue weighted by Crippen LogP contribution is -2.38. The van der Waals surface area contributed by atoms with Crippen molar-refractivity contribution in [2.24, 2.45) is 0 Å². The first-order valence-corrected chi connectivity index (χ1v) is 9.44. The number of benzene rings is 2. The van der Waals surface area contributed by atoms with E-state index in [9.17, 15) is 4.79 Å². The molecule has 0 radical (unpaired) electrons. The number of amides is 1. The van der Waals surface area contributed by atoms with E-state index in [1.54, 1.807) is 12.1 Å². The van der Waals surface area contributed by atoms with Crippen molar-refractivity contribution in [3.63, 3.8) is 0 Å². The molecule has 0 spiro atoms. The van der Waals surface area contributed by atoms with Crippen LogP contribution in [0.1, 0.15) is 40.6 Å². The highest BCUT2D eigenvalue weighted by molar-refractivity contribution is 6.33. The van der Waals surface area contributed by atoms with Gasteiger partial charge in [0.2, 0.25) is 11.7 Å². The van der Waals surface area contributed by atoms with Gasteiger partial charge in [0, 0.05) is 24.6 Å². The lowest BCUT2D eigenvalue weighted by atomic mass is 9.96. The zero-order valence-electron chi connectivity index (χ0n) is 15.1. The van der Waals surface area contributed by atoms with Gasteiger partial charge in [-0.2, -0.15) is 4.98 Å². The number of nitrogens with zero attached hydrogens (tertiary/aromatic N) is 3. The number of halogens is 1. The molecular weight excluding hydrogens is 362 g/mol. The van der Waals surface area contributed by atoms with E-state index in [1.165, 1.54) is 0 Å². The van der Waals surface area contributed by atoms with Gasteiger partial charge < -0.3 is 9.42 Å². The molecule has 5 nitrogen and oxygen atoms in total. The third-order valence-electron chi connectivity index (χ3n) is 5.06. The molecule has 1 aliphatic rings. The molecule has 1 saturated heterocycles. The molecule has 1 aliphatic heterocycles. The van der Waals surface area contributed by atoms with Gasteiger partial charge in [0.15, 0.2) is 0 Å². The molecule has 138 valence electrons. The number of aryl methyl sites for hydroxylation is 1. The Morgan fingerprint density at radius 3 is 2.56 bits per heavy atom. The van der Waals surface area contributed by atoms with Crippen LogP contribution in [0.4, 0.5) is 0 Å². The Labute approximate surface area is 163 Å². The van der Waals surface area contributed by atoms with Crippen LogP contribution in [0.3, 0.4) is 0 Å². The summed E-state index contributed by atoms with van der Waals surface area (Å²) < 4.78 is 5.53. The van der Waals surface area contributed by atoms with Crippen molar-refractivity contribution >= 4 is 17.5 Å². The topological polar surface area (TPSA) is 59.2 Å². The monoisotopic (exact) mass is 381 g/mol. The summed E-state index contributed by atoms with van der Waals surface area (Å²) in [6.07, 6.45) is 1.59. The summed E-state index contributed by atoms with van der Waals surface area (Å²) in [4.78, 5) is 19.1. The second-order valence-corrected chi connectivity index (χ2v) is 7.22. The van der Waals surface area contributed by atoms with Crippen molar-refractivity contribution in [1.82, 2.24) is 15.0 Å². The van der Waals surface area contributed by atoms with Gasteiger partial charge in [-0.3, -0.25) is 4.79 Å². The summed E-state index contributed by atoms with van der Waals surface area (Å²) in [5.41, 5.74) is 2.65. The minimum Gasteiger partial charge on any atom is -0.339 e. The zero-order chi connectivity index (χ0) is 18.8. The van der Waals surface area contributed by atoms with Gasteiger partial charge >= 0.3 is 0 Å². The van der Waals surface area contributed by atoms with Gasteiger partial charge in [-0.15, -0.1) is 0 Å². The number of aromatic nitrogens is 2. The molecule has 2 aromatic carbocycles. The molecule has 0 saturated carbocycles. The Balaban J connectivity index is 1.44. The van der Waals surface area contributed by atoms with E-state index >= 15 is 0 Å². The molecule has 0 N–H and O–H groups in total. The first-order valence-electron chi connectivity index (χ1n) is 9.07. The van der Waals surface area contributed by atoms with Crippen LogP contribution in [0, 0.1) is 6.92 Å². The van der Waals surface area contributed by atoms with Crippen LogP contribution < -0.4 is 0 Å². The van der Waals surface area contributed by atoms with Crippen LogP contribution >= 0.6 is 11.6 Å². The van der Waals surface area contributed by atoms with E-state index in [0.29, 0.717) is 35.4 Å². The van der Waals surface area contributed by atoms with Crippen LogP contribution in [0.2, 0.25) is 5.02 Å². The van der Waals surface area contributed by atoms with Crippen molar-refractivity contribution in [3.05, 3.63) is 70.6 Å². The molecule has 27 heavy (non-hydrogen) atoms. The second kappa shape index (κ2) is 7.53. The fraction of sp³-hybridized carbons (Fsp3) is 0.286. The lowest BCUT2D eigenvalue weighted by molar-refractivity contribution is 0.0704. The number of piperidine rings is 1. The minimum atomic E-state index is -0.0230. The van der Waals surface area contributed by atoms with Crippen LogP contribution in [0.25, 0.3) is 11.4 Å². The molecule has 1 aromatic heterocycles. The largest absolute Gasteiger partial charge is 0.339 e. The number of hydrogen-bond acceptors (Lipinski definition) is 4. The summed E-state index contributed by atoms with van der Waals surface area (Å²) in [5.74, 6) is 1.42. The van der Waals surface area contributed by atoms with Gasteiger partial charge in [-0.25, -0.2) is 0 Å². The van der Waals surface area contributed by atoms with E-state index < -0.39 is 0 Å². The average molecular weight is 382 g/mol. The predicted octanol–water partition coefficient (Wildman–Crippen LogP) is 4.72. The van der Waals surface area contributed by atoms with Crippen LogP contribution in [0.15, 0.2) is 53.1 Å². The van der Waals surface area contributed by atoms with Crippen molar-refractivity contribution in [3.8, 4) is 11.4 Å². The van der Waals surface area contributed by atoms with Gasteiger partial charge in [0.25, 0.3) is 5.91 Å². The normalized spacial score (nSPS) is 15.1. The van der Waals surface area contributed by atoms with Gasteiger partial charge in [-0.05, 0) is 37.5 Å². The maximum atomic E-state index is 12.7. The van der Waals surface area contributed by atoms with Crippen LogP contribution in [-0.2, 0) is 0 Å². The van der Waals surface area contributed by atoms with E-state index in [4.69, 9.17) is 16.1 Å². The van der Waals surface area contributed by atoms with Crippen molar-refractivity contribution in [2.75, 3.05) is 13.1 Å². The van der Waals surface area contributed by atoms with E-state index in [-0.39, 0.29) is 11.8 Å². The minimum absolute atomic E-state index is 0.0230. The zero-order valence-corrected chi connectivity index (χ0v) is 15.8. The number of carbonyl (C=O) groups excluding carboxylic acids is 1. The van der Waals surface area contributed by atoms with Crippen LogP contribution in [-0.4, -0.2) is 34.0 Å². The fourth-order valence-electron chi connectivity index (χ4n) is 3.47. The molecule has 0 atom stereocenters. The smallest absolute Gasteiger partial charge is 0.255 e. The molecule has 0 unspecified atom stereocenters. The number of carbonyl (C=O) groups is 1. The summed E-state index contributed by atoms with van der Waals surface area (Å²) in [5, 5.41) is 4.64. The number of rotatable bonds is 3. The molecular formula is C21H20ClN3O2. The Bertz CT molecular complexity index is 961. The summed E-state index contributed by atoms with van der Waals surface area (Å²) in [6, 6.07) is 15.2. The predicted molar refractivity (Wildman–Crippen MR) is 104 cm³/mol. The maximum absolute atomic E-state index is 12.7. The van der Waals surface area contributed by atoms with Gasteiger partial charge in [0.05, 0.1) is 10.6 Å². The van der Waals surface area contributed by atoms with Crippen molar-refractivity contribution < 1.29 is 9.32 Å². The summed E-state index contributed by atoms with van der Waals surface area (Å²) >= 11 is 6.16. The first kappa shape index (κ1) is 17.7. The molecule has 1 fully saturated rings. The molecule has 3 aromatic rings. The SMILES string of the molecule is Cc1ccccc1-c1noc(C2CCN(C(=O)c3ccccc3Cl)CC2)n1. The quantitative estimate of drug-likeness (QED) is 0.658. The molecule has 0 bridgehead atoms. The molecule has 1 amide bonds.